The van der Waals surface area contributed by atoms with Gasteiger partial charge in [0.2, 0.25) is 5.78 Å². The third kappa shape index (κ3) is 4.61. The number of aliphatic hydroxyl groups is 3. The van der Waals surface area contributed by atoms with Gasteiger partial charge in [-0.15, -0.1) is 0 Å². The molecule has 3 aliphatic rings. The zero-order valence-electron chi connectivity index (χ0n) is 23.3. The Morgan fingerprint density at radius 2 is 1.79 bits per heavy atom. The van der Waals surface area contributed by atoms with E-state index in [4.69, 9.17) is 5.73 Å². The number of phenolic OH excluding ortho intramolecular Hbond substituents is 1. The second-order valence-corrected chi connectivity index (χ2v) is 11.0. The van der Waals surface area contributed by atoms with Crippen molar-refractivity contribution in [3.63, 3.8) is 0 Å². The van der Waals surface area contributed by atoms with Gasteiger partial charge in [0.05, 0.1) is 11.6 Å². The summed E-state index contributed by atoms with van der Waals surface area (Å²) in [7, 11) is 3.06. The Morgan fingerprint density at radius 1 is 1.12 bits per heavy atom. The van der Waals surface area contributed by atoms with Gasteiger partial charge in [0.15, 0.2) is 11.4 Å². The molecule has 43 heavy (non-hydrogen) atoms. The summed E-state index contributed by atoms with van der Waals surface area (Å²) in [6.07, 6.45) is -0.739. The second kappa shape index (κ2) is 10.8. The summed E-state index contributed by atoms with van der Waals surface area (Å²) in [6, 6.07) is 8.30. The number of nitrogens with zero attached hydrogens (tertiary/aromatic N) is 1. The Hall–Kier alpha value is -4.75. The molecule has 2 amide bonds. The highest BCUT2D eigenvalue weighted by molar-refractivity contribution is 6.24. The van der Waals surface area contributed by atoms with Gasteiger partial charge in [-0.1, -0.05) is 18.2 Å². The monoisotopic (exact) mass is 595 g/mol. The first-order valence-electron chi connectivity index (χ1n) is 13.4. The van der Waals surface area contributed by atoms with Gasteiger partial charge in [-0.25, -0.2) is 9.18 Å². The van der Waals surface area contributed by atoms with Crippen molar-refractivity contribution >= 4 is 35.0 Å². The van der Waals surface area contributed by atoms with E-state index in [1.54, 1.807) is 30.3 Å². The first kappa shape index (κ1) is 29.7. The van der Waals surface area contributed by atoms with Crippen LogP contribution in [-0.2, 0) is 25.5 Å². The smallest absolute Gasteiger partial charge is 0.411 e. The first-order chi connectivity index (χ1) is 20.3. The number of hydrogen-bond acceptors (Lipinski definition) is 10. The maximum absolute atomic E-state index is 14.0. The van der Waals surface area contributed by atoms with E-state index in [9.17, 15) is 44.0 Å². The molecule has 0 bridgehead atoms. The normalized spacial score (nSPS) is 24.8. The SMILES string of the molecule is CN(C)C1C(=O)C(C(N)=O)=C(O)C2(O)C(=O)C3=C(O)c4c(O)ccc(-c5ccc(NC(=O)OCCF)cc5)c4CC3CC12. The molecule has 5 rings (SSSR count). The van der Waals surface area contributed by atoms with Crippen LogP contribution in [0.3, 0.4) is 0 Å². The minimum absolute atomic E-state index is 0.0363. The van der Waals surface area contributed by atoms with Crippen molar-refractivity contribution in [2.75, 3.05) is 32.7 Å². The average Bonchev–Trinajstić information content (AvgIpc) is 2.94. The van der Waals surface area contributed by atoms with E-state index in [1.165, 1.54) is 25.1 Å². The highest BCUT2D eigenvalue weighted by Gasteiger charge is 2.64. The molecule has 2 aromatic carbocycles. The van der Waals surface area contributed by atoms with Gasteiger partial charge >= 0.3 is 6.09 Å². The van der Waals surface area contributed by atoms with Crippen LogP contribution >= 0.6 is 0 Å². The van der Waals surface area contributed by atoms with Crippen LogP contribution in [0.1, 0.15) is 17.5 Å². The van der Waals surface area contributed by atoms with Crippen LogP contribution < -0.4 is 11.1 Å². The number of hydrogen-bond donors (Lipinski definition) is 6. The maximum atomic E-state index is 14.0. The van der Waals surface area contributed by atoms with Crippen molar-refractivity contribution in [3.8, 4) is 16.9 Å². The molecule has 0 aromatic heterocycles. The van der Waals surface area contributed by atoms with E-state index in [0.29, 0.717) is 22.4 Å². The van der Waals surface area contributed by atoms with Crippen LogP contribution in [0.5, 0.6) is 5.75 Å². The van der Waals surface area contributed by atoms with E-state index in [-0.39, 0.29) is 36.3 Å². The molecule has 2 aromatic rings. The molecule has 4 unspecified atom stereocenters. The number of likely N-dealkylation sites (N-methyl/N-ethyl adjacent to an activating group) is 1. The number of aromatic hydroxyl groups is 1. The number of primary amides is 1. The number of alkyl halides is 1. The number of aliphatic hydroxyl groups excluding tert-OH is 2. The molecule has 226 valence electrons. The lowest BCUT2D eigenvalue weighted by Crippen LogP contribution is -2.65. The number of phenols is 1. The quantitative estimate of drug-likeness (QED) is 0.269. The highest BCUT2D eigenvalue weighted by atomic mass is 19.1. The van der Waals surface area contributed by atoms with E-state index < -0.39 is 70.8 Å². The standard InChI is InChI=1S/C30H30FN3O9/c1-34(2)23-18-12-14-11-17-16(13-3-5-15(6-4-13)33-29(41)43-10-9-31)7-8-19(35)21(17)24(36)20(14)26(38)30(18,42)27(39)22(25(23)37)28(32)40/h3-8,14,18,23,35-36,39,42H,9-12H2,1-2H3,(H2,32,40)(H,33,41). The predicted molar refractivity (Wildman–Crippen MR) is 151 cm³/mol. The third-order valence-corrected chi connectivity index (χ3v) is 8.36. The number of nitrogens with two attached hydrogens (primary N) is 1. The number of anilines is 1. The van der Waals surface area contributed by atoms with E-state index in [2.05, 4.69) is 10.1 Å². The number of ether oxygens (including phenoxy) is 1. The Morgan fingerprint density at radius 3 is 2.40 bits per heavy atom. The summed E-state index contributed by atoms with van der Waals surface area (Å²) >= 11 is 0. The number of ketones is 2. The zero-order chi connectivity index (χ0) is 31.4. The largest absolute Gasteiger partial charge is 0.508 e. The first-order valence-corrected chi connectivity index (χ1v) is 13.4. The summed E-state index contributed by atoms with van der Waals surface area (Å²) in [6.45, 7) is -1.19. The molecule has 1 fully saturated rings. The predicted octanol–water partition coefficient (Wildman–Crippen LogP) is 2.15. The van der Waals surface area contributed by atoms with Crippen molar-refractivity contribution < 1.29 is 48.7 Å². The molecule has 4 atom stereocenters. The van der Waals surface area contributed by atoms with Gasteiger partial charge in [-0.3, -0.25) is 24.6 Å². The Balaban J connectivity index is 1.59. The minimum atomic E-state index is -2.72. The zero-order valence-corrected chi connectivity index (χ0v) is 23.3. The summed E-state index contributed by atoms with van der Waals surface area (Å²) in [5, 5.41) is 47.3. The van der Waals surface area contributed by atoms with Crippen molar-refractivity contribution in [1.29, 1.82) is 0 Å². The molecule has 0 heterocycles. The molecule has 3 aliphatic carbocycles. The number of halogens is 1. The van der Waals surface area contributed by atoms with Crippen LogP contribution in [0.25, 0.3) is 16.9 Å². The van der Waals surface area contributed by atoms with E-state index in [0.717, 1.165) is 0 Å². The lowest BCUT2D eigenvalue weighted by atomic mass is 9.57. The van der Waals surface area contributed by atoms with Gasteiger partial charge < -0.3 is 30.9 Å². The van der Waals surface area contributed by atoms with Gasteiger partial charge in [-0.05, 0) is 67.7 Å². The number of nitrogens with one attached hydrogen (secondary N) is 1. The van der Waals surface area contributed by atoms with Crippen LogP contribution in [0.15, 0.2) is 53.3 Å². The Labute approximate surface area is 244 Å². The number of benzene rings is 2. The summed E-state index contributed by atoms with van der Waals surface area (Å²) in [4.78, 5) is 52.5. The fourth-order valence-electron chi connectivity index (χ4n) is 6.53. The maximum Gasteiger partial charge on any atom is 0.411 e. The van der Waals surface area contributed by atoms with Crippen molar-refractivity contribution in [2.24, 2.45) is 17.6 Å². The fourth-order valence-corrected chi connectivity index (χ4v) is 6.53. The molecular weight excluding hydrogens is 565 g/mol. The molecular formula is C30H30FN3O9. The third-order valence-electron chi connectivity index (χ3n) is 8.36. The number of carbonyl (C=O) groups excluding carboxylic acids is 4. The van der Waals surface area contributed by atoms with Gasteiger partial charge in [-0.2, -0.15) is 0 Å². The van der Waals surface area contributed by atoms with E-state index >= 15 is 0 Å². The number of rotatable bonds is 6. The van der Waals surface area contributed by atoms with Crippen LogP contribution in [-0.4, -0.2) is 87.9 Å². The molecule has 12 nitrogen and oxygen atoms in total. The fraction of sp³-hybridized carbons (Fsp3) is 0.333. The average molecular weight is 596 g/mol. The van der Waals surface area contributed by atoms with Crippen LogP contribution in [0.4, 0.5) is 14.9 Å². The van der Waals surface area contributed by atoms with E-state index in [1.807, 2.05) is 0 Å². The minimum Gasteiger partial charge on any atom is -0.508 e. The van der Waals surface area contributed by atoms with Gasteiger partial charge in [0.1, 0.15) is 36.1 Å². The Bertz CT molecular complexity index is 1620. The number of fused-ring (bicyclic) bond motifs is 3. The lowest BCUT2D eigenvalue weighted by Gasteiger charge is -2.50. The summed E-state index contributed by atoms with van der Waals surface area (Å²) in [5.74, 6) is -7.21. The molecule has 0 radical (unpaired) electrons. The van der Waals surface area contributed by atoms with Crippen molar-refractivity contribution in [3.05, 3.63) is 64.4 Å². The van der Waals surface area contributed by atoms with Gasteiger partial charge in [0.25, 0.3) is 5.91 Å². The lowest BCUT2D eigenvalue weighted by molar-refractivity contribution is -0.153. The molecule has 0 saturated heterocycles. The number of Topliss-reactive ketones (excluding diaryl/α,β-unsaturated/α-hetero) is 2. The second-order valence-electron chi connectivity index (χ2n) is 11.0. The molecule has 0 spiro atoms. The number of amides is 2. The summed E-state index contributed by atoms with van der Waals surface area (Å²) < 4.78 is 16.9. The van der Waals surface area contributed by atoms with Crippen LogP contribution in [0, 0.1) is 11.8 Å². The molecule has 13 heteroatoms. The molecule has 1 saturated carbocycles. The van der Waals surface area contributed by atoms with Gasteiger partial charge in [0, 0.05) is 17.2 Å². The van der Waals surface area contributed by atoms with Crippen molar-refractivity contribution in [2.45, 2.75) is 24.5 Å². The highest BCUT2D eigenvalue weighted by Crippen LogP contribution is 2.53. The Kier molecular flexibility index (Phi) is 7.48. The topological polar surface area (TPSA) is 200 Å². The molecule has 0 aliphatic heterocycles. The molecule has 7 N–H and O–H groups in total. The number of carbonyl (C=O) groups is 4. The van der Waals surface area contributed by atoms with Crippen LogP contribution in [0.2, 0.25) is 0 Å². The van der Waals surface area contributed by atoms with Crippen molar-refractivity contribution in [1.82, 2.24) is 4.90 Å². The summed E-state index contributed by atoms with van der Waals surface area (Å²) in [5.41, 5.74) is 3.59.